The monoisotopic (exact) mass is 418 g/mol. The Labute approximate surface area is 186 Å². The molecule has 4 nitrogen and oxygen atoms in total. The van der Waals surface area contributed by atoms with Crippen molar-refractivity contribution in [3.05, 3.63) is 113 Å². The molecule has 0 aliphatic carbocycles. The average Bonchev–Trinajstić information content (AvgIpc) is 3.23. The molecule has 5 rings (SSSR count). The van der Waals surface area contributed by atoms with E-state index in [2.05, 4.69) is 22.1 Å². The second-order valence-electron chi connectivity index (χ2n) is 7.80. The second-order valence-corrected chi connectivity index (χ2v) is 7.80. The van der Waals surface area contributed by atoms with Gasteiger partial charge in [0.15, 0.2) is 5.58 Å². The summed E-state index contributed by atoms with van der Waals surface area (Å²) >= 11 is 0. The fourth-order valence-corrected chi connectivity index (χ4v) is 3.72. The summed E-state index contributed by atoms with van der Waals surface area (Å²) in [6.45, 7) is 2.04. The molecule has 32 heavy (non-hydrogen) atoms. The van der Waals surface area contributed by atoms with Crippen molar-refractivity contribution in [2.75, 3.05) is 0 Å². The molecule has 4 heteroatoms. The van der Waals surface area contributed by atoms with Crippen LogP contribution in [0.4, 0.5) is 5.69 Å². The lowest BCUT2D eigenvalue weighted by Gasteiger charge is -2.05. The van der Waals surface area contributed by atoms with Crippen LogP contribution in [0.5, 0.6) is 5.75 Å². The van der Waals surface area contributed by atoms with Gasteiger partial charge >= 0.3 is 0 Å². The number of phenolic OH excluding ortho intramolecular Hbond substituents is 1. The summed E-state index contributed by atoms with van der Waals surface area (Å²) in [6, 6.07) is 29.6. The number of nitrogens with zero attached hydrogens (tertiary/aromatic N) is 2. The van der Waals surface area contributed by atoms with Crippen LogP contribution in [0.1, 0.15) is 22.3 Å². The number of rotatable bonds is 5. The van der Waals surface area contributed by atoms with E-state index in [1.165, 1.54) is 5.56 Å². The van der Waals surface area contributed by atoms with Crippen LogP contribution in [0.25, 0.3) is 22.6 Å². The molecule has 0 amide bonds. The van der Waals surface area contributed by atoms with Gasteiger partial charge in [0.05, 0.1) is 5.69 Å². The molecule has 156 valence electrons. The summed E-state index contributed by atoms with van der Waals surface area (Å²) in [5.74, 6) is 0.806. The smallest absolute Gasteiger partial charge is 0.227 e. The molecule has 1 heterocycles. The average molecular weight is 418 g/mol. The molecule has 0 fully saturated rings. The molecule has 0 aliphatic heterocycles. The molecular weight excluding hydrogens is 396 g/mol. The van der Waals surface area contributed by atoms with E-state index in [4.69, 9.17) is 4.42 Å². The number of aliphatic imine (C=N–C) groups is 1. The lowest BCUT2D eigenvalue weighted by atomic mass is 10.0. The first-order valence-corrected chi connectivity index (χ1v) is 10.5. The third kappa shape index (κ3) is 4.16. The van der Waals surface area contributed by atoms with Crippen molar-refractivity contribution in [2.45, 2.75) is 13.3 Å². The normalized spacial score (nSPS) is 11.4. The topological polar surface area (TPSA) is 58.6 Å². The molecule has 0 radical (unpaired) electrons. The van der Waals surface area contributed by atoms with Gasteiger partial charge in [0.2, 0.25) is 5.89 Å². The van der Waals surface area contributed by atoms with Crippen LogP contribution >= 0.6 is 0 Å². The maximum Gasteiger partial charge on any atom is 0.227 e. The molecule has 1 N–H and O–H groups in total. The van der Waals surface area contributed by atoms with Gasteiger partial charge in [-0.2, -0.15) is 0 Å². The van der Waals surface area contributed by atoms with E-state index >= 15 is 0 Å². The molecule has 0 atom stereocenters. The van der Waals surface area contributed by atoms with Crippen LogP contribution in [0.3, 0.4) is 0 Å². The fraction of sp³-hybridized carbons (Fsp3) is 0.0714. The van der Waals surface area contributed by atoms with Crippen molar-refractivity contribution in [2.24, 2.45) is 4.99 Å². The molecular formula is C28H22N2O2. The molecule has 0 saturated carbocycles. The van der Waals surface area contributed by atoms with E-state index in [0.717, 1.165) is 39.9 Å². The van der Waals surface area contributed by atoms with Crippen molar-refractivity contribution in [3.63, 3.8) is 0 Å². The van der Waals surface area contributed by atoms with Crippen LogP contribution in [0.2, 0.25) is 0 Å². The van der Waals surface area contributed by atoms with E-state index < -0.39 is 0 Å². The maximum absolute atomic E-state index is 10.3. The van der Waals surface area contributed by atoms with E-state index in [9.17, 15) is 5.11 Å². The standard InChI is InChI=1S/C28H22N2O2/c1-19-7-5-6-10-24(19)28-30-25-17-23(12-14-27(25)32-28)29-18-22-16-21(11-13-26(22)31)15-20-8-3-2-4-9-20/h2-14,16-18,31H,15H2,1H3. The van der Waals surface area contributed by atoms with E-state index in [-0.39, 0.29) is 5.75 Å². The number of aromatic hydroxyl groups is 1. The second kappa shape index (κ2) is 8.52. The zero-order valence-electron chi connectivity index (χ0n) is 17.7. The molecule has 4 aromatic carbocycles. The first-order chi connectivity index (χ1) is 15.7. The Hall–Kier alpha value is -4.18. The Kier molecular flexibility index (Phi) is 5.26. The van der Waals surface area contributed by atoms with Gasteiger partial charge in [0.25, 0.3) is 0 Å². The predicted octanol–water partition coefficient (Wildman–Crippen LogP) is 6.85. The number of hydrogen-bond donors (Lipinski definition) is 1. The summed E-state index contributed by atoms with van der Waals surface area (Å²) in [5.41, 5.74) is 7.33. The maximum atomic E-state index is 10.3. The Morgan fingerprint density at radius 1 is 0.875 bits per heavy atom. The highest BCUT2D eigenvalue weighted by Crippen LogP contribution is 2.29. The predicted molar refractivity (Wildman–Crippen MR) is 129 cm³/mol. The zero-order valence-corrected chi connectivity index (χ0v) is 17.7. The van der Waals surface area contributed by atoms with Gasteiger partial charge in [-0.1, -0.05) is 54.6 Å². The zero-order chi connectivity index (χ0) is 21.9. The number of fused-ring (bicyclic) bond motifs is 1. The third-order valence-corrected chi connectivity index (χ3v) is 5.44. The molecule has 0 unspecified atom stereocenters. The summed E-state index contributed by atoms with van der Waals surface area (Å²) < 4.78 is 5.94. The van der Waals surface area contributed by atoms with Crippen molar-refractivity contribution in [1.29, 1.82) is 0 Å². The molecule has 0 spiro atoms. The van der Waals surface area contributed by atoms with Crippen LogP contribution in [0.15, 0.2) is 100 Å². The van der Waals surface area contributed by atoms with Gasteiger partial charge in [0.1, 0.15) is 11.3 Å². The van der Waals surface area contributed by atoms with Gasteiger partial charge in [-0.15, -0.1) is 0 Å². The summed E-state index contributed by atoms with van der Waals surface area (Å²) in [7, 11) is 0. The largest absolute Gasteiger partial charge is 0.507 e. The van der Waals surface area contributed by atoms with Gasteiger partial charge in [0, 0.05) is 17.3 Å². The van der Waals surface area contributed by atoms with Crippen LogP contribution in [0, 0.1) is 6.92 Å². The summed E-state index contributed by atoms with van der Waals surface area (Å²) in [4.78, 5) is 9.22. The van der Waals surface area contributed by atoms with E-state index in [1.54, 1.807) is 12.3 Å². The highest BCUT2D eigenvalue weighted by molar-refractivity contribution is 5.87. The van der Waals surface area contributed by atoms with Crippen LogP contribution < -0.4 is 0 Å². The van der Waals surface area contributed by atoms with Crippen molar-refractivity contribution in [3.8, 4) is 17.2 Å². The van der Waals surface area contributed by atoms with Crippen molar-refractivity contribution >= 4 is 23.0 Å². The Bertz CT molecular complexity index is 1420. The highest BCUT2D eigenvalue weighted by atomic mass is 16.3. The molecule has 1 aromatic heterocycles. The molecule has 0 aliphatic rings. The lowest BCUT2D eigenvalue weighted by molar-refractivity contribution is 0.474. The fourth-order valence-electron chi connectivity index (χ4n) is 3.72. The van der Waals surface area contributed by atoms with E-state index in [1.807, 2.05) is 79.7 Å². The minimum Gasteiger partial charge on any atom is -0.507 e. The van der Waals surface area contributed by atoms with Gasteiger partial charge in [-0.05, 0) is 66.4 Å². The number of benzene rings is 4. The minimum absolute atomic E-state index is 0.204. The first kappa shape index (κ1) is 19.8. The van der Waals surface area contributed by atoms with E-state index in [0.29, 0.717) is 11.5 Å². The van der Waals surface area contributed by atoms with Crippen molar-refractivity contribution < 1.29 is 9.52 Å². The Balaban J connectivity index is 1.41. The molecule has 0 saturated heterocycles. The van der Waals surface area contributed by atoms with Crippen molar-refractivity contribution in [1.82, 2.24) is 4.98 Å². The Morgan fingerprint density at radius 2 is 1.69 bits per heavy atom. The first-order valence-electron chi connectivity index (χ1n) is 10.5. The highest BCUT2D eigenvalue weighted by Gasteiger charge is 2.10. The van der Waals surface area contributed by atoms with Gasteiger partial charge < -0.3 is 9.52 Å². The number of aromatic nitrogens is 1. The third-order valence-electron chi connectivity index (χ3n) is 5.44. The van der Waals surface area contributed by atoms with Crippen LogP contribution in [-0.4, -0.2) is 16.3 Å². The summed E-state index contributed by atoms with van der Waals surface area (Å²) in [6.07, 6.45) is 2.49. The quantitative estimate of drug-likeness (QED) is 0.318. The van der Waals surface area contributed by atoms with Crippen LogP contribution in [-0.2, 0) is 6.42 Å². The number of phenols is 1. The molecule has 5 aromatic rings. The minimum atomic E-state index is 0.204. The van der Waals surface area contributed by atoms with Gasteiger partial charge in [-0.25, -0.2) is 4.98 Å². The summed E-state index contributed by atoms with van der Waals surface area (Å²) in [5, 5.41) is 10.3. The molecule has 0 bridgehead atoms. The van der Waals surface area contributed by atoms with Gasteiger partial charge in [-0.3, -0.25) is 4.99 Å². The number of oxazole rings is 1. The number of hydrogen-bond acceptors (Lipinski definition) is 4. The Morgan fingerprint density at radius 3 is 2.53 bits per heavy atom. The number of aryl methyl sites for hydroxylation is 1. The SMILES string of the molecule is Cc1ccccc1-c1nc2cc(N=Cc3cc(Cc4ccccc4)ccc3O)ccc2o1. The lowest BCUT2D eigenvalue weighted by Crippen LogP contribution is -1.91.